The minimum Gasteiger partial charge on any atom is -0.369 e. The number of fused-ring (bicyclic) bond motifs is 1. The molecule has 1 amide bonds. The molecule has 0 spiro atoms. The fourth-order valence-electron chi connectivity index (χ4n) is 2.64. The maximum absolute atomic E-state index is 10.9. The van der Waals surface area contributed by atoms with E-state index >= 15 is 0 Å². The van der Waals surface area contributed by atoms with E-state index in [0.29, 0.717) is 10.6 Å². The minimum absolute atomic E-state index is 0.00227. The monoisotopic (exact) mass is 358 g/mol. The van der Waals surface area contributed by atoms with E-state index in [-0.39, 0.29) is 23.3 Å². The zero-order chi connectivity index (χ0) is 17.8. The number of carbonyl (C=O) groups is 1. The lowest BCUT2D eigenvalue weighted by Crippen LogP contribution is -2.23. The van der Waals surface area contributed by atoms with Crippen molar-refractivity contribution in [2.24, 2.45) is 10.7 Å². The third kappa shape index (κ3) is 3.62. The van der Waals surface area contributed by atoms with Gasteiger partial charge in [0.15, 0.2) is 16.6 Å². The molecule has 0 fully saturated rings. The second kappa shape index (κ2) is 7.33. The van der Waals surface area contributed by atoms with Gasteiger partial charge in [0.25, 0.3) is 0 Å². The fraction of sp³-hybridized carbons (Fsp3) is 0.267. The largest absolute Gasteiger partial charge is 0.369 e. The topological polar surface area (TPSA) is 150 Å². The van der Waals surface area contributed by atoms with Gasteiger partial charge < -0.3 is 5.73 Å². The molecule has 1 aliphatic rings. The molecule has 0 aliphatic heterocycles. The number of aromatic nitrogens is 2. The highest BCUT2D eigenvalue weighted by atomic mass is 32.2. The van der Waals surface area contributed by atoms with Crippen LogP contribution in [0.3, 0.4) is 0 Å². The van der Waals surface area contributed by atoms with E-state index in [4.69, 9.17) is 11.0 Å². The zero-order valence-electron chi connectivity index (χ0n) is 13.0. The summed E-state index contributed by atoms with van der Waals surface area (Å²) in [6.07, 6.45) is 1.57. The lowest BCUT2D eigenvalue weighted by molar-refractivity contribution is -0.115. The number of carbonyl (C=O) groups excluding carboxylic acids is 1. The van der Waals surface area contributed by atoms with Gasteiger partial charge in [-0.1, -0.05) is 17.8 Å². The summed E-state index contributed by atoms with van der Waals surface area (Å²) in [6.45, 7) is 0. The van der Waals surface area contributed by atoms with E-state index in [9.17, 15) is 10.0 Å². The Labute approximate surface area is 146 Å². The Kier molecular flexibility index (Phi) is 4.97. The summed E-state index contributed by atoms with van der Waals surface area (Å²) in [6, 6.07) is 7.37. The third-order valence-electron chi connectivity index (χ3n) is 3.75. The van der Waals surface area contributed by atoms with E-state index < -0.39 is 5.91 Å². The summed E-state index contributed by atoms with van der Waals surface area (Å²) in [7, 11) is 0. The van der Waals surface area contributed by atoms with Crippen LogP contribution in [0.15, 0.2) is 32.8 Å². The van der Waals surface area contributed by atoms with Gasteiger partial charge in [-0.2, -0.15) is 5.26 Å². The first-order valence-electron chi connectivity index (χ1n) is 7.37. The number of thioether (sulfide) groups is 1. The van der Waals surface area contributed by atoms with Crippen LogP contribution in [0, 0.1) is 11.3 Å². The second-order valence-corrected chi connectivity index (χ2v) is 6.31. The molecule has 1 aromatic carbocycles. The van der Waals surface area contributed by atoms with Crippen LogP contribution in [0.5, 0.6) is 0 Å². The number of hydroxylamine groups is 1. The number of hydrogen-bond acceptors (Lipinski definition) is 8. The van der Waals surface area contributed by atoms with Crippen molar-refractivity contribution in [2.75, 3.05) is 5.75 Å². The first kappa shape index (κ1) is 16.9. The number of rotatable bonds is 5. The molecule has 0 saturated heterocycles. The van der Waals surface area contributed by atoms with Gasteiger partial charge >= 0.3 is 0 Å². The van der Waals surface area contributed by atoms with Crippen molar-refractivity contribution >= 4 is 23.5 Å². The molecule has 10 heteroatoms. The van der Waals surface area contributed by atoms with Crippen LogP contribution in [0.1, 0.15) is 34.8 Å². The lowest BCUT2D eigenvalue weighted by Gasteiger charge is -2.09. The van der Waals surface area contributed by atoms with Gasteiger partial charge in [0.2, 0.25) is 5.91 Å². The lowest BCUT2D eigenvalue weighted by atomic mass is 10.1. The highest BCUT2D eigenvalue weighted by Crippen LogP contribution is 2.35. The highest BCUT2D eigenvalue weighted by Gasteiger charge is 2.25. The third-order valence-corrected chi connectivity index (χ3v) is 4.72. The van der Waals surface area contributed by atoms with Crippen LogP contribution in [-0.2, 0) is 11.2 Å². The van der Waals surface area contributed by atoms with Crippen molar-refractivity contribution in [3.05, 3.63) is 40.6 Å². The first-order chi connectivity index (χ1) is 12.1. The van der Waals surface area contributed by atoms with Gasteiger partial charge in [0.05, 0.1) is 23.4 Å². The zero-order valence-corrected chi connectivity index (χ0v) is 13.8. The summed E-state index contributed by atoms with van der Waals surface area (Å²) >= 11 is 1.04. The molecule has 0 saturated carbocycles. The second-order valence-electron chi connectivity index (χ2n) is 5.34. The van der Waals surface area contributed by atoms with Crippen LogP contribution in [-0.4, -0.2) is 33.0 Å². The normalized spacial score (nSPS) is 16.3. The summed E-state index contributed by atoms with van der Waals surface area (Å²) < 4.78 is 4.68. The number of primary amides is 1. The Morgan fingerprint density at radius 1 is 1.56 bits per heavy atom. The molecule has 0 bridgehead atoms. The molecule has 1 unspecified atom stereocenters. The van der Waals surface area contributed by atoms with Crippen LogP contribution >= 0.6 is 11.8 Å². The number of nitrogens with two attached hydrogens (primary N) is 1. The number of nitrogens with zero attached hydrogens (tertiary/aromatic N) is 4. The molecule has 3 rings (SSSR count). The van der Waals surface area contributed by atoms with Gasteiger partial charge in [-0.25, -0.2) is 4.63 Å². The molecule has 1 heterocycles. The average molecular weight is 358 g/mol. The molecule has 2 aromatic rings. The van der Waals surface area contributed by atoms with Crippen LogP contribution < -0.4 is 11.2 Å². The Morgan fingerprint density at radius 3 is 3.12 bits per heavy atom. The van der Waals surface area contributed by atoms with Gasteiger partial charge in [0, 0.05) is 0 Å². The Morgan fingerprint density at radius 2 is 2.40 bits per heavy atom. The number of aliphatic imine (C=N–C) groups is 1. The number of aryl methyl sites for hydroxylation is 1. The molecule has 4 N–H and O–H groups in total. The summed E-state index contributed by atoms with van der Waals surface area (Å²) in [5.74, 6) is -0.436. The molecule has 1 aliphatic carbocycles. The number of benzene rings is 1. The average Bonchev–Trinajstić information content (AvgIpc) is 3.24. The van der Waals surface area contributed by atoms with E-state index in [2.05, 4.69) is 26.0 Å². The van der Waals surface area contributed by atoms with Crippen molar-refractivity contribution in [3.8, 4) is 6.07 Å². The van der Waals surface area contributed by atoms with Crippen molar-refractivity contribution in [1.29, 1.82) is 5.26 Å². The quantitative estimate of drug-likeness (QED) is 0.309. The number of nitrogens with one attached hydrogen (secondary N) is 1. The minimum atomic E-state index is -0.511. The molecule has 1 atom stereocenters. The summed E-state index contributed by atoms with van der Waals surface area (Å²) in [5.41, 5.74) is 9.94. The SMILES string of the molecule is N#Cc1ccc2c(c1)C(N=C(NO)c1nonc1SCC(N)=O)CC2. The number of amidine groups is 1. The van der Waals surface area contributed by atoms with Crippen LogP contribution in [0.2, 0.25) is 0 Å². The van der Waals surface area contributed by atoms with Crippen molar-refractivity contribution in [2.45, 2.75) is 23.9 Å². The highest BCUT2D eigenvalue weighted by molar-refractivity contribution is 8.00. The van der Waals surface area contributed by atoms with E-state index in [0.717, 1.165) is 35.7 Å². The summed E-state index contributed by atoms with van der Waals surface area (Å²) in [5, 5.41) is 26.3. The number of hydrogen-bond donors (Lipinski definition) is 3. The smallest absolute Gasteiger partial charge is 0.227 e. The predicted molar refractivity (Wildman–Crippen MR) is 87.9 cm³/mol. The maximum atomic E-state index is 10.9. The van der Waals surface area contributed by atoms with Crippen LogP contribution in [0.4, 0.5) is 0 Å². The fourth-order valence-corrected chi connectivity index (χ4v) is 3.28. The van der Waals surface area contributed by atoms with Crippen molar-refractivity contribution in [3.63, 3.8) is 0 Å². The molecule has 128 valence electrons. The van der Waals surface area contributed by atoms with Crippen molar-refractivity contribution in [1.82, 2.24) is 15.8 Å². The first-order valence-corrected chi connectivity index (χ1v) is 8.35. The van der Waals surface area contributed by atoms with E-state index in [1.807, 2.05) is 11.5 Å². The standard InChI is InChI=1S/C15H14N6O3S/c16-6-8-1-2-9-3-4-11(10(9)5-8)18-14(19-23)13-15(21-24-20-13)25-7-12(17)22/h1-2,5,11,23H,3-4,7H2,(H2,17,22)(H,18,19). The molecule has 25 heavy (non-hydrogen) atoms. The number of amides is 1. The molecular formula is C15H14N6O3S. The molecular weight excluding hydrogens is 344 g/mol. The molecule has 9 nitrogen and oxygen atoms in total. The van der Waals surface area contributed by atoms with Gasteiger partial charge in [-0.05, 0) is 46.4 Å². The summed E-state index contributed by atoms with van der Waals surface area (Å²) in [4.78, 5) is 15.4. The number of nitriles is 1. The van der Waals surface area contributed by atoms with E-state index in [1.165, 1.54) is 0 Å². The molecule has 0 radical (unpaired) electrons. The van der Waals surface area contributed by atoms with Crippen molar-refractivity contribution < 1.29 is 14.6 Å². The maximum Gasteiger partial charge on any atom is 0.227 e. The predicted octanol–water partition coefficient (Wildman–Crippen LogP) is 0.932. The van der Waals surface area contributed by atoms with E-state index in [1.54, 1.807) is 12.1 Å². The van der Waals surface area contributed by atoms with Gasteiger partial charge in [-0.15, -0.1) is 0 Å². The van der Waals surface area contributed by atoms with Gasteiger partial charge in [-0.3, -0.25) is 20.5 Å². The molecule has 1 aromatic heterocycles. The van der Waals surface area contributed by atoms with Gasteiger partial charge in [0.1, 0.15) is 0 Å². The Balaban J connectivity index is 1.90. The Bertz CT molecular complexity index is 872. The Hall–Kier alpha value is -2.90. The van der Waals surface area contributed by atoms with Crippen LogP contribution in [0.25, 0.3) is 0 Å².